The van der Waals surface area contributed by atoms with E-state index in [2.05, 4.69) is 59.6 Å². The smallest absolute Gasteiger partial charge is 0.119 e. The van der Waals surface area contributed by atoms with E-state index < -0.39 is 0 Å². The van der Waals surface area contributed by atoms with Crippen LogP contribution in [0.4, 0.5) is 5.69 Å². The molecule has 3 N–H and O–H groups in total. The topological polar surface area (TPSA) is 50.5 Å². The molecule has 4 nitrogen and oxygen atoms in total. The van der Waals surface area contributed by atoms with Gasteiger partial charge in [0, 0.05) is 31.4 Å². The molecule has 2 unspecified atom stereocenters. The fraction of sp³-hybridized carbons (Fsp3) is 0.400. The number of rotatable bonds is 6. The molecule has 128 valence electrons. The number of nitrogens with two attached hydrogens (primary N) is 1. The fourth-order valence-corrected chi connectivity index (χ4v) is 3.60. The number of methoxy groups -OCH3 is 1. The lowest BCUT2D eigenvalue weighted by atomic mass is 9.96. The number of ether oxygens (including phenoxy) is 1. The summed E-state index contributed by atoms with van der Waals surface area (Å²) in [6.45, 7) is 4.82. The van der Waals surface area contributed by atoms with E-state index in [9.17, 15) is 0 Å². The van der Waals surface area contributed by atoms with E-state index in [0.29, 0.717) is 12.6 Å². The van der Waals surface area contributed by atoms with Crippen molar-refractivity contribution >= 4 is 5.69 Å². The Morgan fingerprint density at radius 3 is 2.50 bits per heavy atom. The summed E-state index contributed by atoms with van der Waals surface area (Å²) in [5.41, 5.74) is 8.54. The van der Waals surface area contributed by atoms with Crippen molar-refractivity contribution in [1.29, 1.82) is 0 Å². The van der Waals surface area contributed by atoms with Gasteiger partial charge < -0.3 is 15.8 Å². The van der Waals surface area contributed by atoms with Crippen LogP contribution in [0.3, 0.4) is 0 Å². The summed E-state index contributed by atoms with van der Waals surface area (Å²) in [5, 5.41) is 3.68. The Bertz CT molecular complexity index is 644. The van der Waals surface area contributed by atoms with Gasteiger partial charge >= 0.3 is 0 Å². The van der Waals surface area contributed by atoms with Crippen LogP contribution in [-0.4, -0.2) is 36.7 Å². The van der Waals surface area contributed by atoms with Crippen LogP contribution >= 0.6 is 0 Å². The summed E-state index contributed by atoms with van der Waals surface area (Å²) in [6, 6.07) is 19.2. The van der Waals surface area contributed by atoms with E-state index in [1.807, 2.05) is 12.1 Å². The van der Waals surface area contributed by atoms with Gasteiger partial charge in [-0.25, -0.2) is 0 Å². The van der Waals surface area contributed by atoms with Crippen molar-refractivity contribution in [2.24, 2.45) is 5.73 Å². The molecule has 1 aliphatic heterocycles. The highest BCUT2D eigenvalue weighted by Crippen LogP contribution is 2.31. The van der Waals surface area contributed by atoms with E-state index in [4.69, 9.17) is 10.5 Å². The first-order chi connectivity index (χ1) is 11.6. The van der Waals surface area contributed by atoms with Crippen molar-refractivity contribution in [2.45, 2.75) is 31.5 Å². The summed E-state index contributed by atoms with van der Waals surface area (Å²) in [6.07, 6.45) is 1.04. The molecule has 1 aliphatic rings. The number of nitrogens with zero attached hydrogens (tertiary/aromatic N) is 1. The van der Waals surface area contributed by atoms with Crippen LogP contribution in [0.2, 0.25) is 0 Å². The summed E-state index contributed by atoms with van der Waals surface area (Å²) >= 11 is 0. The molecule has 24 heavy (non-hydrogen) atoms. The monoisotopic (exact) mass is 325 g/mol. The van der Waals surface area contributed by atoms with Crippen LogP contribution in [0.1, 0.15) is 18.9 Å². The molecule has 3 rings (SSSR count). The van der Waals surface area contributed by atoms with Crippen molar-refractivity contribution in [1.82, 2.24) is 4.90 Å². The first-order valence-corrected chi connectivity index (χ1v) is 8.54. The zero-order valence-electron chi connectivity index (χ0n) is 14.5. The van der Waals surface area contributed by atoms with Crippen LogP contribution in [0, 0.1) is 0 Å². The van der Waals surface area contributed by atoms with Gasteiger partial charge in [-0.3, -0.25) is 4.90 Å². The first-order valence-electron chi connectivity index (χ1n) is 8.54. The van der Waals surface area contributed by atoms with Gasteiger partial charge in [0.05, 0.1) is 12.6 Å². The molecule has 1 saturated heterocycles. The lowest BCUT2D eigenvalue weighted by Gasteiger charge is -2.30. The van der Waals surface area contributed by atoms with Crippen LogP contribution in [0.25, 0.3) is 0 Å². The second-order valence-electron chi connectivity index (χ2n) is 6.78. The average molecular weight is 325 g/mol. The predicted octanol–water partition coefficient (Wildman–Crippen LogP) is 3.10. The first kappa shape index (κ1) is 16.8. The number of nitrogens with one attached hydrogen (secondary N) is 1. The molecule has 2 aromatic rings. The van der Waals surface area contributed by atoms with Gasteiger partial charge in [0.25, 0.3) is 0 Å². The summed E-state index contributed by atoms with van der Waals surface area (Å²) in [4.78, 5) is 2.51. The molecule has 0 aliphatic carbocycles. The van der Waals surface area contributed by atoms with E-state index in [1.54, 1.807) is 7.11 Å². The standard InChI is InChI=1S/C20H27N3O/c1-16-12-20(14-21,22-18-8-10-19(24-2)11-9-18)15-23(16)13-17-6-4-3-5-7-17/h3-11,16,22H,12-15,21H2,1-2H3. The van der Waals surface area contributed by atoms with Crippen molar-refractivity contribution in [3.05, 3.63) is 60.2 Å². The Balaban J connectivity index is 1.70. The Kier molecular flexibility index (Phi) is 5.07. The summed E-state index contributed by atoms with van der Waals surface area (Å²) in [5.74, 6) is 0.868. The lowest BCUT2D eigenvalue weighted by molar-refractivity contribution is 0.254. The SMILES string of the molecule is COc1ccc(NC2(CN)CC(C)N(Cc3ccccc3)C2)cc1. The van der Waals surface area contributed by atoms with E-state index in [1.165, 1.54) is 5.56 Å². The highest BCUT2D eigenvalue weighted by molar-refractivity contribution is 5.49. The second-order valence-corrected chi connectivity index (χ2v) is 6.78. The van der Waals surface area contributed by atoms with Crippen molar-refractivity contribution in [3.8, 4) is 5.75 Å². The van der Waals surface area contributed by atoms with Gasteiger partial charge in [0.1, 0.15) is 5.75 Å². The maximum Gasteiger partial charge on any atom is 0.119 e. The zero-order valence-corrected chi connectivity index (χ0v) is 14.5. The number of hydrogen-bond donors (Lipinski definition) is 2. The van der Waals surface area contributed by atoms with Crippen LogP contribution in [-0.2, 0) is 6.54 Å². The van der Waals surface area contributed by atoms with Gasteiger partial charge in [-0.15, -0.1) is 0 Å². The molecule has 0 amide bonds. The molecule has 0 bridgehead atoms. The molecule has 2 atom stereocenters. The van der Waals surface area contributed by atoms with E-state index in [0.717, 1.165) is 30.9 Å². The quantitative estimate of drug-likeness (QED) is 0.857. The molecule has 0 radical (unpaired) electrons. The van der Waals surface area contributed by atoms with Gasteiger partial charge in [0.2, 0.25) is 0 Å². The zero-order chi connectivity index (χ0) is 17.0. The minimum absolute atomic E-state index is 0.0806. The minimum Gasteiger partial charge on any atom is -0.497 e. The molecular formula is C20H27N3O. The third-order valence-corrected chi connectivity index (χ3v) is 4.93. The number of hydrogen-bond acceptors (Lipinski definition) is 4. The van der Waals surface area contributed by atoms with Crippen molar-refractivity contribution < 1.29 is 4.74 Å². The third kappa shape index (κ3) is 3.71. The second kappa shape index (κ2) is 7.24. The van der Waals surface area contributed by atoms with Gasteiger partial charge in [-0.05, 0) is 43.2 Å². The molecule has 1 fully saturated rings. The van der Waals surface area contributed by atoms with Crippen molar-refractivity contribution in [2.75, 3.05) is 25.5 Å². The highest BCUT2D eigenvalue weighted by atomic mass is 16.5. The highest BCUT2D eigenvalue weighted by Gasteiger charge is 2.41. The third-order valence-electron chi connectivity index (χ3n) is 4.93. The summed E-state index contributed by atoms with van der Waals surface area (Å²) < 4.78 is 5.23. The Labute approximate surface area is 144 Å². The number of benzene rings is 2. The molecule has 1 heterocycles. The van der Waals surface area contributed by atoms with Gasteiger partial charge in [-0.2, -0.15) is 0 Å². The van der Waals surface area contributed by atoms with E-state index >= 15 is 0 Å². The van der Waals surface area contributed by atoms with Gasteiger partial charge in [-0.1, -0.05) is 30.3 Å². The molecule has 4 heteroatoms. The van der Waals surface area contributed by atoms with Crippen LogP contribution in [0.15, 0.2) is 54.6 Å². The molecule has 0 spiro atoms. The number of anilines is 1. The summed E-state index contributed by atoms with van der Waals surface area (Å²) in [7, 11) is 1.68. The van der Waals surface area contributed by atoms with E-state index in [-0.39, 0.29) is 5.54 Å². The minimum atomic E-state index is -0.0806. The Morgan fingerprint density at radius 2 is 1.88 bits per heavy atom. The fourth-order valence-electron chi connectivity index (χ4n) is 3.60. The maximum atomic E-state index is 6.18. The normalized spacial score (nSPS) is 24.0. The number of likely N-dealkylation sites (tertiary alicyclic amines) is 1. The molecule has 0 aromatic heterocycles. The Hall–Kier alpha value is -2.04. The maximum absolute atomic E-state index is 6.18. The largest absolute Gasteiger partial charge is 0.497 e. The molecule has 2 aromatic carbocycles. The van der Waals surface area contributed by atoms with Gasteiger partial charge in [0.15, 0.2) is 0 Å². The van der Waals surface area contributed by atoms with Crippen LogP contribution in [0.5, 0.6) is 5.75 Å². The lowest BCUT2D eigenvalue weighted by Crippen LogP contribution is -2.47. The molecular weight excluding hydrogens is 298 g/mol. The predicted molar refractivity (Wildman–Crippen MR) is 99.3 cm³/mol. The molecule has 0 saturated carbocycles. The van der Waals surface area contributed by atoms with Crippen LogP contribution < -0.4 is 15.8 Å². The average Bonchev–Trinajstić information content (AvgIpc) is 2.92. The van der Waals surface area contributed by atoms with Crippen molar-refractivity contribution in [3.63, 3.8) is 0 Å². The Morgan fingerprint density at radius 1 is 1.17 bits per heavy atom.